The molecule has 0 bridgehead atoms. The van der Waals surface area contributed by atoms with E-state index in [0.717, 1.165) is 11.8 Å². The Balaban J connectivity index is 2.31. The molecule has 0 amide bonds. The van der Waals surface area contributed by atoms with Crippen LogP contribution in [0.4, 0.5) is 16.3 Å². The van der Waals surface area contributed by atoms with E-state index in [1.807, 2.05) is 26.8 Å². The minimum Gasteiger partial charge on any atom is -0.394 e. The van der Waals surface area contributed by atoms with Crippen molar-refractivity contribution < 1.29 is 17.9 Å². The third kappa shape index (κ3) is 7.49. The lowest BCUT2D eigenvalue weighted by molar-refractivity contribution is 0.259. The Kier molecular flexibility index (Phi) is 8.08. The summed E-state index contributed by atoms with van der Waals surface area (Å²) in [7, 11) is -3.58. The van der Waals surface area contributed by atoms with Crippen LogP contribution < -0.4 is 10.0 Å². The highest BCUT2D eigenvalue weighted by molar-refractivity contribution is 7.91. The molecule has 0 radical (unpaired) electrons. The molecule has 0 aliphatic rings. The second-order valence-corrected chi connectivity index (χ2v) is 9.79. The summed E-state index contributed by atoms with van der Waals surface area (Å²) in [5.41, 5.74) is 1.36. The van der Waals surface area contributed by atoms with Gasteiger partial charge in [0.1, 0.15) is 11.6 Å². The van der Waals surface area contributed by atoms with Crippen molar-refractivity contribution in [1.29, 1.82) is 0 Å². The van der Waals surface area contributed by atoms with Gasteiger partial charge in [-0.15, -0.1) is 0 Å². The molecule has 1 aromatic carbocycles. The minimum absolute atomic E-state index is 0.103. The first-order valence-electron chi connectivity index (χ1n) is 9.83. The lowest BCUT2D eigenvalue weighted by atomic mass is 9.96. The fourth-order valence-electron chi connectivity index (χ4n) is 3.03. The van der Waals surface area contributed by atoms with Crippen molar-refractivity contribution in [3.8, 4) is 0 Å². The maximum absolute atomic E-state index is 13.9. The van der Waals surface area contributed by atoms with E-state index in [9.17, 15) is 17.9 Å². The van der Waals surface area contributed by atoms with Gasteiger partial charge in [0.2, 0.25) is 21.9 Å². The number of benzene rings is 1. The lowest BCUT2D eigenvalue weighted by Crippen LogP contribution is -2.27. The van der Waals surface area contributed by atoms with Gasteiger partial charge in [0.15, 0.2) is 0 Å². The van der Waals surface area contributed by atoms with E-state index in [0.29, 0.717) is 30.1 Å². The van der Waals surface area contributed by atoms with Gasteiger partial charge in [-0.3, -0.25) is 4.72 Å². The molecule has 1 heterocycles. The van der Waals surface area contributed by atoms with Crippen molar-refractivity contribution >= 4 is 21.9 Å². The molecule has 3 N–H and O–H groups in total. The summed E-state index contributed by atoms with van der Waals surface area (Å²) in [6.07, 6.45) is 2.05. The highest BCUT2D eigenvalue weighted by Gasteiger charge is 2.17. The van der Waals surface area contributed by atoms with Crippen LogP contribution in [0.2, 0.25) is 0 Å². The molecular formula is C20H30FN5O3S. The van der Waals surface area contributed by atoms with Crippen LogP contribution in [0, 0.1) is 18.7 Å². The molecule has 2 unspecified atom stereocenters. The number of aryl methyl sites for hydroxylation is 1. The largest absolute Gasteiger partial charge is 0.394 e. The van der Waals surface area contributed by atoms with Gasteiger partial charge < -0.3 is 10.4 Å². The Morgan fingerprint density at radius 3 is 2.37 bits per heavy atom. The van der Waals surface area contributed by atoms with Gasteiger partial charge in [0.25, 0.3) is 0 Å². The summed E-state index contributed by atoms with van der Waals surface area (Å²) in [5, 5.41) is 12.7. The SMILES string of the molecule is Cc1ccc(C(C)Cc2nc(NC(CO)CC(C)C)nc(NS(C)(=O)=O)n2)cc1F. The first kappa shape index (κ1) is 23.9. The van der Waals surface area contributed by atoms with Crippen LogP contribution in [0.3, 0.4) is 0 Å². The maximum atomic E-state index is 13.9. The average molecular weight is 440 g/mol. The predicted molar refractivity (Wildman–Crippen MR) is 116 cm³/mol. The minimum atomic E-state index is -3.58. The van der Waals surface area contributed by atoms with Gasteiger partial charge in [0, 0.05) is 6.42 Å². The first-order valence-corrected chi connectivity index (χ1v) is 11.7. The second kappa shape index (κ2) is 10.1. The molecule has 2 rings (SSSR count). The number of rotatable bonds is 10. The molecule has 10 heteroatoms. The van der Waals surface area contributed by atoms with Crippen molar-refractivity contribution in [1.82, 2.24) is 15.0 Å². The van der Waals surface area contributed by atoms with Gasteiger partial charge in [-0.05, 0) is 42.4 Å². The van der Waals surface area contributed by atoms with Crippen molar-refractivity contribution in [2.24, 2.45) is 5.92 Å². The standard InChI is InChI=1S/C20H30FN5O3S/c1-12(2)8-16(11-27)22-19-23-18(24-20(25-19)26-30(5,28)29)9-14(4)15-7-6-13(3)17(21)10-15/h6-7,10,12,14,16,27H,8-9,11H2,1-5H3,(H2,22,23,24,25,26). The molecule has 1 aromatic heterocycles. The predicted octanol–water partition coefficient (Wildman–Crippen LogP) is 2.86. The molecule has 166 valence electrons. The van der Waals surface area contributed by atoms with E-state index in [1.165, 1.54) is 6.07 Å². The number of hydrogen-bond donors (Lipinski definition) is 3. The summed E-state index contributed by atoms with van der Waals surface area (Å²) in [6, 6.07) is 4.77. The lowest BCUT2D eigenvalue weighted by Gasteiger charge is -2.19. The molecule has 8 nitrogen and oxygen atoms in total. The number of sulfonamides is 1. The second-order valence-electron chi connectivity index (χ2n) is 8.04. The van der Waals surface area contributed by atoms with E-state index >= 15 is 0 Å². The van der Waals surface area contributed by atoms with Crippen molar-refractivity contribution in [3.05, 3.63) is 41.0 Å². The van der Waals surface area contributed by atoms with Crippen LogP contribution in [-0.2, 0) is 16.4 Å². The summed E-state index contributed by atoms with van der Waals surface area (Å²) in [5.74, 6) is 0.373. The Labute approximate surface area is 177 Å². The van der Waals surface area contributed by atoms with Crippen LogP contribution in [0.25, 0.3) is 0 Å². The molecule has 2 aromatic rings. The summed E-state index contributed by atoms with van der Waals surface area (Å²) >= 11 is 0. The van der Waals surface area contributed by atoms with E-state index in [4.69, 9.17) is 0 Å². The van der Waals surface area contributed by atoms with Crippen molar-refractivity contribution in [3.63, 3.8) is 0 Å². The Hall–Kier alpha value is -2.33. The summed E-state index contributed by atoms with van der Waals surface area (Å²) in [6.45, 7) is 7.56. The zero-order chi connectivity index (χ0) is 22.5. The van der Waals surface area contributed by atoms with Crippen LogP contribution in [0.15, 0.2) is 18.2 Å². The Morgan fingerprint density at radius 2 is 1.80 bits per heavy atom. The monoisotopic (exact) mass is 439 g/mol. The number of aliphatic hydroxyl groups excluding tert-OH is 1. The van der Waals surface area contributed by atoms with Crippen molar-refractivity contribution in [2.45, 2.75) is 52.5 Å². The van der Waals surface area contributed by atoms with E-state index in [-0.39, 0.29) is 36.3 Å². The van der Waals surface area contributed by atoms with Crippen LogP contribution >= 0.6 is 0 Å². The zero-order valence-corrected chi connectivity index (χ0v) is 18.8. The molecule has 2 atom stereocenters. The number of aliphatic hydroxyl groups is 1. The maximum Gasteiger partial charge on any atom is 0.241 e. The summed E-state index contributed by atoms with van der Waals surface area (Å²) < 4.78 is 39.5. The smallest absolute Gasteiger partial charge is 0.241 e. The number of anilines is 2. The van der Waals surface area contributed by atoms with Gasteiger partial charge in [-0.2, -0.15) is 15.0 Å². The van der Waals surface area contributed by atoms with Gasteiger partial charge in [-0.25, -0.2) is 12.8 Å². The molecule has 0 saturated heterocycles. The van der Waals surface area contributed by atoms with E-state index in [2.05, 4.69) is 25.0 Å². The zero-order valence-electron chi connectivity index (χ0n) is 18.0. The van der Waals surface area contributed by atoms with Gasteiger partial charge in [0.05, 0.1) is 18.9 Å². The fraction of sp³-hybridized carbons (Fsp3) is 0.550. The molecular weight excluding hydrogens is 409 g/mol. The molecule has 0 fully saturated rings. The Morgan fingerprint density at radius 1 is 1.13 bits per heavy atom. The van der Waals surface area contributed by atoms with Crippen LogP contribution in [0.5, 0.6) is 0 Å². The summed E-state index contributed by atoms with van der Waals surface area (Å²) in [4.78, 5) is 12.7. The Bertz CT molecular complexity index is 969. The molecule has 30 heavy (non-hydrogen) atoms. The van der Waals surface area contributed by atoms with Gasteiger partial charge >= 0.3 is 0 Å². The molecule has 0 spiro atoms. The van der Waals surface area contributed by atoms with Crippen LogP contribution in [-0.4, -0.2) is 47.4 Å². The number of hydrogen-bond acceptors (Lipinski definition) is 7. The van der Waals surface area contributed by atoms with E-state index in [1.54, 1.807) is 13.0 Å². The highest BCUT2D eigenvalue weighted by atomic mass is 32.2. The average Bonchev–Trinajstić information content (AvgIpc) is 2.61. The molecule has 0 aliphatic heterocycles. The van der Waals surface area contributed by atoms with Crippen LogP contribution in [0.1, 0.15) is 50.1 Å². The normalized spacial score (nSPS) is 13.9. The quantitative estimate of drug-likeness (QED) is 0.521. The first-order chi connectivity index (χ1) is 14.0. The highest BCUT2D eigenvalue weighted by Crippen LogP contribution is 2.22. The number of halogens is 1. The molecule has 0 aliphatic carbocycles. The number of aromatic nitrogens is 3. The third-order valence-corrected chi connectivity index (χ3v) is 5.07. The topological polar surface area (TPSA) is 117 Å². The number of nitrogens with one attached hydrogen (secondary N) is 2. The number of nitrogens with zero attached hydrogens (tertiary/aromatic N) is 3. The molecule has 0 saturated carbocycles. The third-order valence-electron chi connectivity index (χ3n) is 4.52. The fourth-order valence-corrected chi connectivity index (χ4v) is 3.45. The van der Waals surface area contributed by atoms with Crippen molar-refractivity contribution in [2.75, 3.05) is 22.9 Å². The van der Waals surface area contributed by atoms with Gasteiger partial charge in [-0.1, -0.05) is 32.9 Å². The van der Waals surface area contributed by atoms with E-state index < -0.39 is 10.0 Å².